The van der Waals surface area contributed by atoms with Crippen molar-refractivity contribution in [2.75, 3.05) is 6.61 Å². The lowest BCUT2D eigenvalue weighted by molar-refractivity contribution is -0.137. The third-order valence-corrected chi connectivity index (χ3v) is 5.38. The summed E-state index contributed by atoms with van der Waals surface area (Å²) in [7, 11) is 0. The van der Waals surface area contributed by atoms with Crippen LogP contribution in [0, 0.1) is 5.92 Å². The molecule has 1 amide bonds. The van der Waals surface area contributed by atoms with Crippen molar-refractivity contribution in [3.05, 3.63) is 35.7 Å². The van der Waals surface area contributed by atoms with Gasteiger partial charge in [0.2, 0.25) is 17.6 Å². The Morgan fingerprint density at radius 3 is 2.61 bits per heavy atom. The van der Waals surface area contributed by atoms with Crippen LogP contribution in [0.3, 0.4) is 0 Å². The highest BCUT2D eigenvalue weighted by Crippen LogP contribution is 2.30. The second-order valence-electron chi connectivity index (χ2n) is 6.36. The van der Waals surface area contributed by atoms with E-state index in [4.69, 9.17) is 9.63 Å². The Morgan fingerprint density at radius 2 is 2.00 bits per heavy atom. The molecule has 1 aliphatic heterocycles. The molecule has 7 nitrogen and oxygen atoms in total. The molecule has 3 unspecified atom stereocenters. The smallest absolute Gasteiger partial charge is 0.396 e. The topological polar surface area (TPSA) is 100 Å². The fraction of sp³-hybridized carbons (Fsp3) is 0.471. The number of halogens is 3. The van der Waals surface area contributed by atoms with E-state index in [1.54, 1.807) is 0 Å². The number of alkyl halides is 3. The Balaban J connectivity index is 1.57. The second kappa shape index (κ2) is 8.50. The zero-order valence-corrected chi connectivity index (χ0v) is 15.7. The summed E-state index contributed by atoms with van der Waals surface area (Å²) in [5.74, 6) is 0.371. The molecule has 2 heterocycles. The number of carbonyl (C=O) groups is 1. The highest BCUT2D eigenvalue weighted by Gasteiger charge is 2.33. The number of rotatable bonds is 6. The Labute approximate surface area is 163 Å². The van der Waals surface area contributed by atoms with Gasteiger partial charge in [-0.3, -0.25) is 10.1 Å². The van der Waals surface area contributed by atoms with Crippen LogP contribution in [-0.2, 0) is 16.7 Å². The molecule has 11 heteroatoms. The number of aromatic nitrogens is 2. The number of thioether (sulfide) groups is 1. The molecule has 1 aromatic carbocycles. The van der Waals surface area contributed by atoms with Gasteiger partial charge in [-0.1, -0.05) is 17.3 Å². The minimum absolute atomic E-state index is 0.0589. The molecule has 1 fully saturated rings. The van der Waals surface area contributed by atoms with Gasteiger partial charge in [-0.15, -0.1) is 11.8 Å². The normalized spacial score (nSPS) is 22.9. The van der Waals surface area contributed by atoms with Crippen LogP contribution < -0.4 is 10.6 Å². The van der Waals surface area contributed by atoms with Gasteiger partial charge in [0.05, 0.1) is 17.2 Å². The zero-order valence-electron chi connectivity index (χ0n) is 14.9. The van der Waals surface area contributed by atoms with E-state index in [1.807, 2.05) is 6.92 Å². The molecule has 0 saturated carbocycles. The van der Waals surface area contributed by atoms with Gasteiger partial charge in [-0.25, -0.2) is 0 Å². The van der Waals surface area contributed by atoms with Crippen molar-refractivity contribution in [3.63, 3.8) is 0 Å². The maximum absolute atomic E-state index is 12.6. The molecule has 152 valence electrons. The predicted octanol–water partition coefficient (Wildman–Crippen LogP) is 2.38. The molecule has 3 N–H and O–H groups in total. The van der Waals surface area contributed by atoms with Crippen molar-refractivity contribution in [2.24, 2.45) is 5.92 Å². The molecule has 0 bridgehead atoms. The van der Waals surface area contributed by atoms with E-state index >= 15 is 0 Å². The number of amides is 1. The molecule has 0 radical (unpaired) electrons. The summed E-state index contributed by atoms with van der Waals surface area (Å²) in [5, 5.41) is 18.9. The summed E-state index contributed by atoms with van der Waals surface area (Å²) in [6.07, 6.45) is -4.01. The summed E-state index contributed by atoms with van der Waals surface area (Å²) >= 11 is 1.34. The first-order valence-corrected chi connectivity index (χ1v) is 9.62. The minimum Gasteiger partial charge on any atom is -0.396 e. The first-order chi connectivity index (χ1) is 13.3. The van der Waals surface area contributed by atoms with E-state index in [0.29, 0.717) is 23.6 Å². The number of nitrogens with zero attached hydrogens (tertiary/aromatic N) is 2. The average Bonchev–Trinajstić information content (AvgIpc) is 3.11. The second-order valence-corrected chi connectivity index (χ2v) is 7.45. The van der Waals surface area contributed by atoms with Crippen LogP contribution in [-0.4, -0.2) is 39.3 Å². The number of benzene rings is 1. The molecule has 2 aromatic rings. The number of aliphatic hydroxyl groups is 1. The van der Waals surface area contributed by atoms with Crippen LogP contribution in [0.25, 0.3) is 11.4 Å². The summed E-state index contributed by atoms with van der Waals surface area (Å²) < 4.78 is 43.0. The van der Waals surface area contributed by atoms with E-state index in [-0.39, 0.29) is 35.8 Å². The van der Waals surface area contributed by atoms with E-state index in [9.17, 15) is 18.0 Å². The molecular formula is C17H19F3N4O3S. The lowest BCUT2D eigenvalue weighted by Gasteiger charge is -2.34. The molecular weight excluding hydrogens is 397 g/mol. The molecule has 0 aliphatic carbocycles. The van der Waals surface area contributed by atoms with E-state index in [2.05, 4.69) is 20.8 Å². The van der Waals surface area contributed by atoms with Crippen molar-refractivity contribution in [3.8, 4) is 11.4 Å². The first kappa shape index (κ1) is 20.6. The van der Waals surface area contributed by atoms with Crippen molar-refractivity contribution in [2.45, 2.75) is 36.8 Å². The third-order valence-electron chi connectivity index (χ3n) is 4.38. The van der Waals surface area contributed by atoms with Crippen LogP contribution in [0.15, 0.2) is 28.8 Å². The molecule has 1 saturated heterocycles. The van der Waals surface area contributed by atoms with Crippen LogP contribution in [0.2, 0.25) is 0 Å². The van der Waals surface area contributed by atoms with Gasteiger partial charge in [-0.2, -0.15) is 18.2 Å². The molecule has 1 aromatic heterocycles. The van der Waals surface area contributed by atoms with Crippen molar-refractivity contribution < 1.29 is 27.6 Å². The van der Waals surface area contributed by atoms with Crippen molar-refractivity contribution in [1.82, 2.24) is 20.8 Å². The lowest BCUT2D eigenvalue weighted by atomic mass is 9.95. The minimum atomic E-state index is -4.40. The quantitative estimate of drug-likeness (QED) is 0.665. The van der Waals surface area contributed by atoms with E-state index in [0.717, 1.165) is 12.1 Å². The summed E-state index contributed by atoms with van der Waals surface area (Å²) in [6, 6.07) is 4.41. The summed E-state index contributed by atoms with van der Waals surface area (Å²) in [5.41, 5.74) is -0.681. The lowest BCUT2D eigenvalue weighted by Crippen LogP contribution is -2.59. The fourth-order valence-corrected chi connectivity index (χ4v) is 3.80. The monoisotopic (exact) mass is 416 g/mol. The highest BCUT2D eigenvalue weighted by molar-refractivity contribution is 7.99. The number of hydrogen-bond donors (Lipinski definition) is 3. The van der Waals surface area contributed by atoms with Gasteiger partial charge < -0.3 is 14.9 Å². The van der Waals surface area contributed by atoms with Gasteiger partial charge in [-0.05, 0) is 25.5 Å². The van der Waals surface area contributed by atoms with Gasteiger partial charge >= 0.3 is 6.18 Å². The summed E-state index contributed by atoms with van der Waals surface area (Å²) in [4.78, 5) is 16.3. The molecule has 0 spiro atoms. The SMILES string of the molecule is CC1NC(SCc2nc(-c3ccc(C(F)(F)F)cc3)no2)NC(=O)C1CCO. The Hall–Kier alpha value is -2.11. The van der Waals surface area contributed by atoms with E-state index in [1.165, 1.54) is 23.9 Å². The zero-order chi connectivity index (χ0) is 20.3. The van der Waals surface area contributed by atoms with Crippen molar-refractivity contribution >= 4 is 17.7 Å². The Kier molecular flexibility index (Phi) is 6.26. The van der Waals surface area contributed by atoms with Gasteiger partial charge in [0, 0.05) is 18.2 Å². The van der Waals surface area contributed by atoms with Gasteiger partial charge in [0.15, 0.2) is 0 Å². The maximum Gasteiger partial charge on any atom is 0.416 e. The van der Waals surface area contributed by atoms with Crippen LogP contribution in [0.5, 0.6) is 0 Å². The molecule has 1 aliphatic rings. The van der Waals surface area contributed by atoms with Crippen LogP contribution >= 0.6 is 11.8 Å². The number of nitrogens with one attached hydrogen (secondary N) is 2. The molecule has 28 heavy (non-hydrogen) atoms. The number of carbonyl (C=O) groups excluding carboxylic acids is 1. The van der Waals surface area contributed by atoms with Gasteiger partial charge in [0.25, 0.3) is 0 Å². The first-order valence-electron chi connectivity index (χ1n) is 8.57. The molecule has 3 rings (SSSR count). The van der Waals surface area contributed by atoms with Crippen molar-refractivity contribution in [1.29, 1.82) is 0 Å². The van der Waals surface area contributed by atoms with E-state index < -0.39 is 11.7 Å². The predicted molar refractivity (Wildman–Crippen MR) is 95.8 cm³/mol. The standard InChI is InChI=1S/C17H19F3N4O3S/c1-9-12(6-7-25)15(26)23-16(21-9)28-8-13-22-14(24-27-13)10-2-4-11(5-3-10)17(18,19)20/h2-5,9,12,16,21,25H,6-8H2,1H3,(H,23,26). The Bertz CT molecular complexity index is 813. The number of aliphatic hydroxyl groups excluding tert-OH is 1. The van der Waals surface area contributed by atoms with Crippen LogP contribution in [0.4, 0.5) is 13.2 Å². The average molecular weight is 416 g/mol. The highest BCUT2D eigenvalue weighted by atomic mass is 32.2. The van der Waals surface area contributed by atoms with Crippen LogP contribution in [0.1, 0.15) is 24.8 Å². The Morgan fingerprint density at radius 1 is 1.29 bits per heavy atom. The largest absolute Gasteiger partial charge is 0.416 e. The summed E-state index contributed by atoms with van der Waals surface area (Å²) in [6.45, 7) is 1.82. The van der Waals surface area contributed by atoms with Gasteiger partial charge in [0.1, 0.15) is 5.50 Å². The fourth-order valence-electron chi connectivity index (χ4n) is 2.86. The third kappa shape index (κ3) is 4.83. The molecule has 3 atom stereocenters. The maximum atomic E-state index is 12.6. The number of hydrogen-bond acceptors (Lipinski definition) is 7.